The minimum absolute atomic E-state index is 0.105. The van der Waals surface area contributed by atoms with E-state index in [9.17, 15) is 14.0 Å². The summed E-state index contributed by atoms with van der Waals surface area (Å²) in [5.74, 6) is -0.275. The number of nitrogens with one attached hydrogen (secondary N) is 4. The van der Waals surface area contributed by atoms with Crippen LogP contribution in [0.3, 0.4) is 0 Å². The van der Waals surface area contributed by atoms with Gasteiger partial charge in [-0.2, -0.15) is 0 Å². The molecular weight excluding hydrogens is 435 g/mol. The molecule has 1 saturated heterocycles. The van der Waals surface area contributed by atoms with E-state index in [1.165, 1.54) is 12.1 Å². The highest BCUT2D eigenvalue weighted by Crippen LogP contribution is 2.32. The maximum absolute atomic E-state index is 13.5. The van der Waals surface area contributed by atoms with Gasteiger partial charge >= 0.3 is 6.09 Å². The summed E-state index contributed by atoms with van der Waals surface area (Å²) in [4.78, 5) is 28.2. The summed E-state index contributed by atoms with van der Waals surface area (Å²) in [6, 6.07) is 13.9. The second-order valence-electron chi connectivity index (χ2n) is 9.73. The van der Waals surface area contributed by atoms with Crippen molar-refractivity contribution in [3.8, 4) is 11.1 Å². The highest BCUT2D eigenvalue weighted by molar-refractivity contribution is 6.09. The molecule has 1 aliphatic heterocycles. The van der Waals surface area contributed by atoms with Crippen molar-refractivity contribution in [1.82, 2.24) is 20.9 Å². The number of rotatable bonds is 6. The van der Waals surface area contributed by atoms with Gasteiger partial charge in [0.1, 0.15) is 17.1 Å². The maximum Gasteiger partial charge on any atom is 0.407 e. The normalized spacial score (nSPS) is 18.1. The average Bonchev–Trinajstić information content (AvgIpc) is 3.40. The van der Waals surface area contributed by atoms with Crippen LogP contribution in [0, 0.1) is 11.7 Å². The van der Waals surface area contributed by atoms with E-state index in [0.29, 0.717) is 18.8 Å². The summed E-state index contributed by atoms with van der Waals surface area (Å²) in [5, 5.41) is 10.2. The predicted molar refractivity (Wildman–Crippen MR) is 130 cm³/mol. The molecular formula is C26H31FN4O3. The first-order valence-electron chi connectivity index (χ1n) is 11.5. The van der Waals surface area contributed by atoms with Gasteiger partial charge in [0.15, 0.2) is 0 Å². The molecule has 3 aromatic rings. The standard InChI is InChI=1S/C26H31FN4O3/c1-26(2,3)34-25(33)30-14-16-12-19(28-13-16)15-29-24(32)23-22(17-8-10-18(27)11-9-17)20-6-4-5-7-21(20)31-23/h4-11,16,19,28,31H,12-15H2,1-3H3,(H,29,32)(H,30,33)/t16-,19+/m1/s1. The first kappa shape index (κ1) is 23.8. The number of amides is 2. The Balaban J connectivity index is 1.38. The largest absolute Gasteiger partial charge is 0.444 e. The zero-order valence-electron chi connectivity index (χ0n) is 19.7. The van der Waals surface area contributed by atoms with Crippen LogP contribution in [0.4, 0.5) is 9.18 Å². The molecule has 4 N–H and O–H groups in total. The number of carbonyl (C=O) groups excluding carboxylic acids is 2. The van der Waals surface area contributed by atoms with Crippen molar-refractivity contribution in [3.63, 3.8) is 0 Å². The fourth-order valence-electron chi connectivity index (χ4n) is 4.29. The highest BCUT2D eigenvalue weighted by atomic mass is 19.1. The van der Waals surface area contributed by atoms with E-state index >= 15 is 0 Å². The molecule has 34 heavy (non-hydrogen) atoms. The van der Waals surface area contributed by atoms with Crippen molar-refractivity contribution in [2.75, 3.05) is 19.6 Å². The zero-order chi connectivity index (χ0) is 24.3. The topological polar surface area (TPSA) is 95.2 Å². The summed E-state index contributed by atoms with van der Waals surface area (Å²) in [7, 11) is 0. The van der Waals surface area contributed by atoms with Crippen LogP contribution in [-0.4, -0.2) is 48.3 Å². The Morgan fingerprint density at radius 3 is 2.53 bits per heavy atom. The SMILES string of the molecule is CC(C)(C)OC(=O)NC[C@H]1CN[C@H](CNC(=O)c2[nH]c3ccccc3c2-c2ccc(F)cc2)C1. The van der Waals surface area contributed by atoms with Crippen LogP contribution in [0.5, 0.6) is 0 Å². The molecule has 0 spiro atoms. The number of para-hydroxylation sites is 1. The van der Waals surface area contributed by atoms with Crippen LogP contribution < -0.4 is 16.0 Å². The van der Waals surface area contributed by atoms with Gasteiger partial charge in [-0.1, -0.05) is 30.3 Å². The Morgan fingerprint density at radius 2 is 1.79 bits per heavy atom. The van der Waals surface area contributed by atoms with Crippen molar-refractivity contribution in [3.05, 3.63) is 60.0 Å². The van der Waals surface area contributed by atoms with Crippen LogP contribution in [0.2, 0.25) is 0 Å². The summed E-state index contributed by atoms with van der Waals surface area (Å²) in [6.07, 6.45) is 0.407. The molecule has 8 heteroatoms. The molecule has 0 aliphatic carbocycles. The van der Waals surface area contributed by atoms with Gasteiger partial charge in [-0.05, 0) is 56.9 Å². The van der Waals surface area contributed by atoms with Crippen LogP contribution in [0.1, 0.15) is 37.7 Å². The van der Waals surface area contributed by atoms with Gasteiger partial charge in [0.05, 0.1) is 0 Å². The molecule has 4 rings (SSSR count). The van der Waals surface area contributed by atoms with E-state index in [1.54, 1.807) is 12.1 Å². The molecule has 1 fully saturated rings. The number of aromatic amines is 1. The van der Waals surface area contributed by atoms with Gasteiger partial charge in [0.2, 0.25) is 0 Å². The number of H-pyrrole nitrogens is 1. The fourth-order valence-corrected chi connectivity index (χ4v) is 4.29. The number of fused-ring (bicyclic) bond motifs is 1. The molecule has 0 bridgehead atoms. The van der Waals surface area contributed by atoms with E-state index in [4.69, 9.17) is 4.74 Å². The van der Waals surface area contributed by atoms with Crippen LogP contribution >= 0.6 is 0 Å². The minimum atomic E-state index is -0.528. The third-order valence-electron chi connectivity index (χ3n) is 5.82. The zero-order valence-corrected chi connectivity index (χ0v) is 19.7. The van der Waals surface area contributed by atoms with Crippen molar-refractivity contribution in [2.24, 2.45) is 5.92 Å². The molecule has 0 saturated carbocycles. The van der Waals surface area contributed by atoms with E-state index in [2.05, 4.69) is 20.9 Å². The van der Waals surface area contributed by atoms with Gasteiger partial charge in [0.25, 0.3) is 5.91 Å². The van der Waals surface area contributed by atoms with Crippen molar-refractivity contribution in [1.29, 1.82) is 0 Å². The van der Waals surface area contributed by atoms with Gasteiger partial charge in [0, 0.05) is 42.1 Å². The third kappa shape index (κ3) is 5.75. The lowest BCUT2D eigenvalue weighted by atomic mass is 10.0. The predicted octanol–water partition coefficient (Wildman–Crippen LogP) is 4.21. The lowest BCUT2D eigenvalue weighted by molar-refractivity contribution is 0.0520. The van der Waals surface area contributed by atoms with Crippen LogP contribution in [0.15, 0.2) is 48.5 Å². The number of halogens is 1. The Morgan fingerprint density at radius 1 is 1.06 bits per heavy atom. The molecule has 0 unspecified atom stereocenters. The maximum atomic E-state index is 13.5. The molecule has 0 radical (unpaired) electrons. The lowest BCUT2D eigenvalue weighted by Gasteiger charge is -2.20. The number of ether oxygens (including phenoxy) is 1. The van der Waals surface area contributed by atoms with E-state index in [0.717, 1.165) is 35.0 Å². The second-order valence-corrected chi connectivity index (χ2v) is 9.73. The molecule has 2 amide bonds. The van der Waals surface area contributed by atoms with E-state index in [-0.39, 0.29) is 23.7 Å². The summed E-state index contributed by atoms with van der Waals surface area (Å²) >= 11 is 0. The number of carbonyl (C=O) groups is 2. The molecule has 7 nitrogen and oxygen atoms in total. The number of hydrogen-bond donors (Lipinski definition) is 4. The number of hydrogen-bond acceptors (Lipinski definition) is 4. The van der Waals surface area contributed by atoms with Gasteiger partial charge in [-0.15, -0.1) is 0 Å². The monoisotopic (exact) mass is 466 g/mol. The Labute approximate surface area is 198 Å². The van der Waals surface area contributed by atoms with Gasteiger partial charge in [-0.25, -0.2) is 9.18 Å². The molecule has 180 valence electrons. The Hall–Kier alpha value is -3.39. The van der Waals surface area contributed by atoms with Crippen LogP contribution in [-0.2, 0) is 4.74 Å². The summed E-state index contributed by atoms with van der Waals surface area (Å²) in [5.41, 5.74) is 2.30. The van der Waals surface area contributed by atoms with Crippen molar-refractivity contribution in [2.45, 2.75) is 38.8 Å². The van der Waals surface area contributed by atoms with E-state index in [1.807, 2.05) is 45.0 Å². The fraction of sp³-hybridized carbons (Fsp3) is 0.385. The van der Waals surface area contributed by atoms with Gasteiger partial charge < -0.3 is 25.7 Å². The Bertz CT molecular complexity index is 1170. The number of benzene rings is 2. The minimum Gasteiger partial charge on any atom is -0.444 e. The Kier molecular flexibility index (Phi) is 6.88. The first-order chi connectivity index (χ1) is 16.2. The molecule has 2 atom stereocenters. The van der Waals surface area contributed by atoms with Crippen LogP contribution in [0.25, 0.3) is 22.0 Å². The number of alkyl carbamates (subject to hydrolysis) is 1. The molecule has 1 aromatic heterocycles. The average molecular weight is 467 g/mol. The lowest BCUT2D eigenvalue weighted by Crippen LogP contribution is -2.37. The smallest absolute Gasteiger partial charge is 0.407 e. The molecule has 2 heterocycles. The quantitative estimate of drug-likeness (QED) is 0.438. The van der Waals surface area contributed by atoms with Crippen molar-refractivity contribution < 1.29 is 18.7 Å². The van der Waals surface area contributed by atoms with Gasteiger partial charge in [-0.3, -0.25) is 4.79 Å². The summed E-state index contributed by atoms with van der Waals surface area (Å²) < 4.78 is 18.8. The summed E-state index contributed by atoms with van der Waals surface area (Å²) in [6.45, 7) is 7.22. The third-order valence-corrected chi connectivity index (χ3v) is 5.82. The molecule has 1 aliphatic rings. The number of aromatic nitrogens is 1. The van der Waals surface area contributed by atoms with Crippen molar-refractivity contribution >= 4 is 22.9 Å². The highest BCUT2D eigenvalue weighted by Gasteiger charge is 2.26. The molecule has 2 aromatic carbocycles. The second kappa shape index (κ2) is 9.85. The first-order valence-corrected chi connectivity index (χ1v) is 11.5. The van der Waals surface area contributed by atoms with E-state index < -0.39 is 11.7 Å².